The molecule has 2 aliphatic rings. The Morgan fingerprint density at radius 3 is 2.95 bits per heavy atom. The number of nitrogens with one attached hydrogen (secondary N) is 2. The fourth-order valence-corrected chi connectivity index (χ4v) is 3.66. The van der Waals surface area contributed by atoms with Crippen LogP contribution < -0.4 is 10.6 Å². The number of anilines is 1. The van der Waals surface area contributed by atoms with Crippen LogP contribution in [0.2, 0.25) is 0 Å². The Labute approximate surface area is 129 Å². The van der Waals surface area contributed by atoms with Crippen LogP contribution >= 0.6 is 0 Å². The molecule has 0 atom stereocenters. The maximum Gasteiger partial charge on any atom is 0.0418 e. The smallest absolute Gasteiger partial charge is 0.0418 e. The van der Waals surface area contributed by atoms with Crippen molar-refractivity contribution in [2.24, 2.45) is 0 Å². The van der Waals surface area contributed by atoms with Gasteiger partial charge in [-0.25, -0.2) is 0 Å². The molecule has 0 aliphatic carbocycles. The minimum atomic E-state index is 0.692. The minimum absolute atomic E-state index is 0.692. The molecule has 3 nitrogen and oxygen atoms in total. The first-order chi connectivity index (χ1) is 10.4. The predicted octanol–water partition coefficient (Wildman–Crippen LogP) is 3.01. The van der Waals surface area contributed by atoms with E-state index in [4.69, 9.17) is 0 Å². The lowest BCUT2D eigenvalue weighted by Gasteiger charge is -2.32. The van der Waals surface area contributed by atoms with Gasteiger partial charge < -0.3 is 15.5 Å². The van der Waals surface area contributed by atoms with Gasteiger partial charge in [-0.3, -0.25) is 0 Å². The molecule has 0 saturated carbocycles. The van der Waals surface area contributed by atoms with Crippen molar-refractivity contribution < 1.29 is 0 Å². The van der Waals surface area contributed by atoms with E-state index in [1.807, 2.05) is 0 Å². The van der Waals surface area contributed by atoms with Crippen molar-refractivity contribution >= 4 is 5.69 Å². The molecule has 21 heavy (non-hydrogen) atoms. The van der Waals surface area contributed by atoms with E-state index in [-0.39, 0.29) is 0 Å². The number of rotatable bonds is 5. The maximum atomic E-state index is 3.78. The van der Waals surface area contributed by atoms with Gasteiger partial charge in [-0.15, -0.1) is 0 Å². The van der Waals surface area contributed by atoms with Crippen LogP contribution in [-0.4, -0.2) is 37.1 Å². The summed E-state index contributed by atoms with van der Waals surface area (Å²) in [5.74, 6) is 0. The summed E-state index contributed by atoms with van der Waals surface area (Å²) in [4.78, 5) is 2.60. The van der Waals surface area contributed by atoms with E-state index < -0.39 is 0 Å². The number of fused-ring (bicyclic) bond motifs is 1. The van der Waals surface area contributed by atoms with Gasteiger partial charge >= 0.3 is 0 Å². The van der Waals surface area contributed by atoms with E-state index in [0.717, 1.165) is 13.1 Å². The van der Waals surface area contributed by atoms with Crippen molar-refractivity contribution in [3.8, 4) is 0 Å². The van der Waals surface area contributed by atoms with Crippen LogP contribution in [0.1, 0.15) is 43.7 Å². The Kier molecular flexibility index (Phi) is 5.15. The average molecular weight is 287 g/mol. The van der Waals surface area contributed by atoms with Crippen molar-refractivity contribution in [1.29, 1.82) is 0 Å². The van der Waals surface area contributed by atoms with Gasteiger partial charge in [-0.2, -0.15) is 0 Å². The lowest BCUT2D eigenvalue weighted by atomic mass is 9.98. The van der Waals surface area contributed by atoms with Gasteiger partial charge in [0, 0.05) is 24.8 Å². The molecule has 2 aliphatic heterocycles. The largest absolute Gasteiger partial charge is 0.385 e. The molecule has 0 unspecified atom stereocenters. The van der Waals surface area contributed by atoms with Crippen molar-refractivity contribution in [2.45, 2.75) is 51.6 Å². The van der Waals surface area contributed by atoms with Crippen LogP contribution in [0.15, 0.2) is 18.2 Å². The SMILES string of the molecule is CCCN1CCC(NCc2cccc3c2NCCC3)CC1. The first kappa shape index (κ1) is 14.9. The Morgan fingerprint density at radius 2 is 2.14 bits per heavy atom. The van der Waals surface area contributed by atoms with Gasteiger partial charge in [-0.05, 0) is 62.9 Å². The van der Waals surface area contributed by atoms with Gasteiger partial charge in [0.05, 0.1) is 0 Å². The molecule has 1 aromatic rings. The summed E-state index contributed by atoms with van der Waals surface area (Å²) in [5.41, 5.74) is 4.35. The van der Waals surface area contributed by atoms with E-state index in [0.29, 0.717) is 6.04 Å². The summed E-state index contributed by atoms with van der Waals surface area (Å²) in [6.45, 7) is 8.19. The number of benzene rings is 1. The molecule has 0 radical (unpaired) electrons. The van der Waals surface area contributed by atoms with Crippen LogP contribution in [0.4, 0.5) is 5.69 Å². The Hall–Kier alpha value is -1.06. The van der Waals surface area contributed by atoms with Gasteiger partial charge in [0.15, 0.2) is 0 Å². The molecule has 1 fully saturated rings. The summed E-state index contributed by atoms with van der Waals surface area (Å²) < 4.78 is 0. The summed E-state index contributed by atoms with van der Waals surface area (Å²) in [5, 5.41) is 7.38. The highest BCUT2D eigenvalue weighted by atomic mass is 15.1. The molecule has 116 valence electrons. The fraction of sp³-hybridized carbons (Fsp3) is 0.667. The summed E-state index contributed by atoms with van der Waals surface area (Å²) in [6, 6.07) is 7.45. The number of hydrogen-bond donors (Lipinski definition) is 2. The number of piperidine rings is 1. The Balaban J connectivity index is 1.52. The van der Waals surface area contributed by atoms with Crippen molar-refractivity contribution in [3.63, 3.8) is 0 Å². The van der Waals surface area contributed by atoms with Crippen molar-refractivity contribution in [2.75, 3.05) is 31.5 Å². The van der Waals surface area contributed by atoms with Gasteiger partial charge in [0.2, 0.25) is 0 Å². The molecule has 0 bridgehead atoms. The predicted molar refractivity (Wildman–Crippen MR) is 89.8 cm³/mol. The van der Waals surface area contributed by atoms with Crippen LogP contribution in [-0.2, 0) is 13.0 Å². The van der Waals surface area contributed by atoms with Crippen LogP contribution in [0.25, 0.3) is 0 Å². The first-order valence-corrected chi connectivity index (χ1v) is 8.67. The van der Waals surface area contributed by atoms with Gasteiger partial charge in [0.1, 0.15) is 0 Å². The molecule has 3 rings (SSSR count). The minimum Gasteiger partial charge on any atom is -0.385 e. The third kappa shape index (κ3) is 3.78. The highest BCUT2D eigenvalue weighted by molar-refractivity contribution is 5.59. The number of aryl methyl sites for hydroxylation is 1. The zero-order valence-corrected chi connectivity index (χ0v) is 13.3. The zero-order chi connectivity index (χ0) is 14.5. The molecular weight excluding hydrogens is 258 g/mol. The van der Waals surface area contributed by atoms with Gasteiger partial charge in [-0.1, -0.05) is 25.1 Å². The number of nitrogens with zero attached hydrogens (tertiary/aromatic N) is 1. The lowest BCUT2D eigenvalue weighted by molar-refractivity contribution is 0.197. The fourth-order valence-electron chi connectivity index (χ4n) is 3.66. The number of para-hydroxylation sites is 1. The Bertz CT molecular complexity index is 450. The van der Waals surface area contributed by atoms with Crippen molar-refractivity contribution in [1.82, 2.24) is 10.2 Å². The standard InChI is InChI=1S/C18H29N3/c1-2-11-21-12-8-17(9-13-21)20-14-16-6-3-5-15-7-4-10-19-18(15)16/h3,5-6,17,19-20H,2,4,7-14H2,1H3. The van der Waals surface area contributed by atoms with E-state index in [1.165, 1.54) is 68.6 Å². The molecule has 2 N–H and O–H groups in total. The average Bonchev–Trinajstić information content (AvgIpc) is 2.54. The highest BCUT2D eigenvalue weighted by Crippen LogP contribution is 2.26. The topological polar surface area (TPSA) is 27.3 Å². The van der Waals surface area contributed by atoms with E-state index >= 15 is 0 Å². The Morgan fingerprint density at radius 1 is 1.29 bits per heavy atom. The normalized spacial score (nSPS) is 20.0. The monoisotopic (exact) mass is 287 g/mol. The first-order valence-electron chi connectivity index (χ1n) is 8.67. The van der Waals surface area contributed by atoms with E-state index in [9.17, 15) is 0 Å². The molecular formula is C18H29N3. The molecule has 0 amide bonds. The second-order valence-electron chi connectivity index (χ2n) is 6.48. The van der Waals surface area contributed by atoms with E-state index in [2.05, 4.69) is 40.7 Å². The number of likely N-dealkylation sites (tertiary alicyclic amines) is 1. The van der Waals surface area contributed by atoms with Gasteiger partial charge in [0.25, 0.3) is 0 Å². The van der Waals surface area contributed by atoms with Crippen LogP contribution in [0.5, 0.6) is 0 Å². The molecule has 1 aromatic carbocycles. The lowest BCUT2D eigenvalue weighted by Crippen LogP contribution is -2.42. The molecule has 0 aromatic heterocycles. The zero-order valence-electron chi connectivity index (χ0n) is 13.3. The van der Waals surface area contributed by atoms with Crippen LogP contribution in [0.3, 0.4) is 0 Å². The summed E-state index contributed by atoms with van der Waals surface area (Å²) >= 11 is 0. The quantitative estimate of drug-likeness (QED) is 0.872. The molecule has 2 heterocycles. The molecule has 0 spiro atoms. The summed E-state index contributed by atoms with van der Waals surface area (Å²) in [7, 11) is 0. The molecule has 1 saturated heterocycles. The van der Waals surface area contributed by atoms with E-state index in [1.54, 1.807) is 0 Å². The maximum absolute atomic E-state index is 3.78. The number of hydrogen-bond acceptors (Lipinski definition) is 3. The third-order valence-corrected chi connectivity index (χ3v) is 4.87. The second kappa shape index (κ2) is 7.28. The van der Waals surface area contributed by atoms with Crippen molar-refractivity contribution in [3.05, 3.63) is 29.3 Å². The second-order valence-corrected chi connectivity index (χ2v) is 6.48. The van der Waals surface area contributed by atoms with Crippen LogP contribution in [0, 0.1) is 0 Å². The third-order valence-electron chi connectivity index (χ3n) is 4.87. The highest BCUT2D eigenvalue weighted by Gasteiger charge is 2.19. The summed E-state index contributed by atoms with van der Waals surface area (Å²) in [6.07, 6.45) is 6.36. The molecule has 3 heteroatoms.